The number of esters is 1. The summed E-state index contributed by atoms with van der Waals surface area (Å²) in [4.78, 5) is 15.4. The van der Waals surface area contributed by atoms with Crippen LogP contribution in [0.3, 0.4) is 0 Å². The van der Waals surface area contributed by atoms with Crippen LogP contribution in [0, 0.1) is 5.82 Å². The normalized spacial score (nSPS) is 10.5. The summed E-state index contributed by atoms with van der Waals surface area (Å²) in [5, 5.41) is 0. The maximum Gasteiger partial charge on any atom is 0.315 e. The number of carbonyl (C=O) groups excluding carboxylic acids is 1. The zero-order valence-electron chi connectivity index (χ0n) is 11.0. The summed E-state index contributed by atoms with van der Waals surface area (Å²) in [6.07, 6.45) is 1.51. The summed E-state index contributed by atoms with van der Waals surface area (Å²) in [6, 6.07) is 6.05. The van der Waals surface area contributed by atoms with E-state index in [1.165, 1.54) is 30.2 Å². The Morgan fingerprint density at radius 2 is 2.35 bits per heavy atom. The van der Waals surface area contributed by atoms with E-state index in [9.17, 15) is 9.18 Å². The minimum absolute atomic E-state index is 0.244. The third-order valence-electron chi connectivity index (χ3n) is 2.40. The standard InChI is InChI=1S/C14H14FNO3S/c1-2-18-13(17)9-20-8-12-7-19-14(16-12)10-4-3-5-11(15)6-10/h3-7H,2,8-9H2,1H3. The Bertz CT molecular complexity index is 585. The number of halogens is 1. The molecule has 1 aromatic heterocycles. The summed E-state index contributed by atoms with van der Waals surface area (Å²) in [6.45, 7) is 2.15. The van der Waals surface area contributed by atoms with Crippen LogP contribution >= 0.6 is 11.8 Å². The minimum Gasteiger partial charge on any atom is -0.465 e. The molecule has 0 N–H and O–H groups in total. The van der Waals surface area contributed by atoms with E-state index in [2.05, 4.69) is 4.98 Å². The third-order valence-corrected chi connectivity index (χ3v) is 3.34. The second-order valence-corrected chi connectivity index (χ2v) is 4.94. The number of benzene rings is 1. The van der Waals surface area contributed by atoms with Crippen LogP contribution in [0.25, 0.3) is 11.5 Å². The summed E-state index contributed by atoms with van der Waals surface area (Å²) in [7, 11) is 0. The van der Waals surface area contributed by atoms with Crippen LogP contribution in [0.2, 0.25) is 0 Å². The van der Waals surface area contributed by atoms with E-state index >= 15 is 0 Å². The number of nitrogens with zero attached hydrogens (tertiary/aromatic N) is 1. The fraction of sp³-hybridized carbons (Fsp3) is 0.286. The van der Waals surface area contributed by atoms with Crippen LogP contribution in [-0.2, 0) is 15.3 Å². The van der Waals surface area contributed by atoms with Gasteiger partial charge in [-0.25, -0.2) is 9.37 Å². The van der Waals surface area contributed by atoms with Crippen molar-refractivity contribution in [2.75, 3.05) is 12.4 Å². The van der Waals surface area contributed by atoms with Crippen molar-refractivity contribution in [3.63, 3.8) is 0 Å². The first-order valence-electron chi connectivity index (χ1n) is 6.12. The van der Waals surface area contributed by atoms with Crippen LogP contribution in [0.15, 0.2) is 34.9 Å². The van der Waals surface area contributed by atoms with Crippen molar-refractivity contribution in [1.29, 1.82) is 0 Å². The summed E-state index contributed by atoms with van der Waals surface area (Å²) in [5.74, 6) is 0.606. The lowest BCUT2D eigenvalue weighted by Crippen LogP contribution is -2.06. The molecule has 106 valence electrons. The molecular weight excluding hydrogens is 281 g/mol. The Balaban J connectivity index is 1.91. The third kappa shape index (κ3) is 4.09. The molecule has 6 heteroatoms. The van der Waals surface area contributed by atoms with E-state index in [-0.39, 0.29) is 17.5 Å². The lowest BCUT2D eigenvalue weighted by molar-refractivity contribution is -0.139. The number of aromatic nitrogens is 1. The lowest BCUT2D eigenvalue weighted by atomic mass is 10.2. The quantitative estimate of drug-likeness (QED) is 0.765. The molecular formula is C14H14FNO3S. The predicted molar refractivity (Wildman–Crippen MR) is 74.7 cm³/mol. The second kappa shape index (κ2) is 7.09. The molecule has 4 nitrogen and oxygen atoms in total. The fourth-order valence-corrected chi connectivity index (χ4v) is 2.26. The first-order valence-corrected chi connectivity index (χ1v) is 7.28. The zero-order chi connectivity index (χ0) is 14.4. The summed E-state index contributed by atoms with van der Waals surface area (Å²) < 4.78 is 23.2. The van der Waals surface area contributed by atoms with E-state index < -0.39 is 0 Å². The molecule has 0 aliphatic carbocycles. The van der Waals surface area contributed by atoms with Gasteiger partial charge in [0.2, 0.25) is 5.89 Å². The van der Waals surface area contributed by atoms with Crippen molar-refractivity contribution in [1.82, 2.24) is 4.98 Å². The van der Waals surface area contributed by atoms with Crippen LogP contribution in [-0.4, -0.2) is 23.3 Å². The molecule has 0 saturated heterocycles. The van der Waals surface area contributed by atoms with Crippen molar-refractivity contribution >= 4 is 17.7 Å². The maximum atomic E-state index is 13.1. The highest BCUT2D eigenvalue weighted by molar-refractivity contribution is 7.99. The van der Waals surface area contributed by atoms with Gasteiger partial charge in [-0.3, -0.25) is 4.79 Å². The fourth-order valence-electron chi connectivity index (χ4n) is 1.57. The SMILES string of the molecule is CCOC(=O)CSCc1coc(-c2cccc(F)c2)n1. The topological polar surface area (TPSA) is 52.3 Å². The average Bonchev–Trinajstić information content (AvgIpc) is 2.88. The molecule has 1 aromatic carbocycles. The monoisotopic (exact) mass is 295 g/mol. The Morgan fingerprint density at radius 1 is 1.50 bits per heavy atom. The van der Waals surface area contributed by atoms with Crippen LogP contribution in [0.5, 0.6) is 0 Å². The Kier molecular flexibility index (Phi) is 5.17. The molecule has 2 rings (SSSR count). The number of ether oxygens (including phenoxy) is 1. The Labute approximate surface area is 120 Å². The molecule has 0 radical (unpaired) electrons. The van der Waals surface area contributed by atoms with E-state index in [0.717, 1.165) is 0 Å². The van der Waals surface area contributed by atoms with Gasteiger partial charge in [0.1, 0.15) is 12.1 Å². The van der Waals surface area contributed by atoms with Crippen molar-refractivity contribution in [3.05, 3.63) is 42.0 Å². The number of hydrogen-bond donors (Lipinski definition) is 0. The van der Waals surface area contributed by atoms with Crippen molar-refractivity contribution in [2.45, 2.75) is 12.7 Å². The largest absolute Gasteiger partial charge is 0.465 e. The van der Waals surface area contributed by atoms with Gasteiger partial charge in [-0.2, -0.15) is 0 Å². The molecule has 0 spiro atoms. The average molecular weight is 295 g/mol. The van der Waals surface area contributed by atoms with Gasteiger partial charge in [-0.15, -0.1) is 11.8 Å². The summed E-state index contributed by atoms with van der Waals surface area (Å²) >= 11 is 1.39. The number of carbonyl (C=O) groups is 1. The number of rotatable bonds is 6. The molecule has 0 fully saturated rings. The molecule has 20 heavy (non-hydrogen) atoms. The van der Waals surface area contributed by atoms with E-state index in [1.807, 2.05) is 0 Å². The lowest BCUT2D eigenvalue weighted by Gasteiger charge is -1.99. The molecule has 0 amide bonds. The number of oxazole rings is 1. The molecule has 0 aliphatic heterocycles. The highest BCUT2D eigenvalue weighted by Crippen LogP contribution is 2.21. The van der Waals surface area contributed by atoms with Gasteiger partial charge in [-0.1, -0.05) is 6.07 Å². The Morgan fingerprint density at radius 3 is 3.10 bits per heavy atom. The smallest absolute Gasteiger partial charge is 0.315 e. The van der Waals surface area contributed by atoms with Crippen molar-refractivity contribution in [3.8, 4) is 11.5 Å². The Hall–Kier alpha value is -1.82. The molecule has 2 aromatic rings. The highest BCUT2D eigenvalue weighted by Gasteiger charge is 2.09. The zero-order valence-corrected chi connectivity index (χ0v) is 11.8. The van der Waals surface area contributed by atoms with Gasteiger partial charge in [-0.05, 0) is 25.1 Å². The van der Waals surface area contributed by atoms with Gasteiger partial charge in [0.25, 0.3) is 0 Å². The number of hydrogen-bond acceptors (Lipinski definition) is 5. The molecule has 0 unspecified atom stereocenters. The minimum atomic E-state index is -0.334. The molecule has 1 heterocycles. The van der Waals surface area contributed by atoms with E-state index in [4.69, 9.17) is 9.15 Å². The van der Waals surface area contributed by atoms with E-state index in [1.54, 1.807) is 19.1 Å². The molecule has 0 aliphatic rings. The van der Waals surface area contributed by atoms with Crippen LogP contribution in [0.1, 0.15) is 12.6 Å². The van der Waals surface area contributed by atoms with Gasteiger partial charge in [0.05, 0.1) is 18.1 Å². The molecule has 0 saturated carbocycles. The first-order chi connectivity index (χ1) is 9.69. The number of thioether (sulfide) groups is 1. The van der Waals surface area contributed by atoms with Crippen molar-refractivity contribution in [2.24, 2.45) is 0 Å². The van der Waals surface area contributed by atoms with Crippen LogP contribution < -0.4 is 0 Å². The first kappa shape index (κ1) is 14.6. The van der Waals surface area contributed by atoms with Crippen molar-refractivity contribution < 1.29 is 18.3 Å². The second-order valence-electron chi connectivity index (χ2n) is 3.95. The van der Waals surface area contributed by atoms with Gasteiger partial charge in [0.15, 0.2) is 0 Å². The summed E-state index contributed by atoms with van der Waals surface area (Å²) in [5.41, 5.74) is 1.30. The van der Waals surface area contributed by atoms with Gasteiger partial charge < -0.3 is 9.15 Å². The van der Waals surface area contributed by atoms with E-state index in [0.29, 0.717) is 29.5 Å². The molecule has 0 atom stereocenters. The van der Waals surface area contributed by atoms with Gasteiger partial charge in [0, 0.05) is 11.3 Å². The van der Waals surface area contributed by atoms with Gasteiger partial charge >= 0.3 is 5.97 Å². The highest BCUT2D eigenvalue weighted by atomic mass is 32.2. The predicted octanol–water partition coefficient (Wildman–Crippen LogP) is 3.28. The van der Waals surface area contributed by atoms with Crippen LogP contribution in [0.4, 0.5) is 4.39 Å². The molecule has 0 bridgehead atoms. The maximum absolute atomic E-state index is 13.1.